The van der Waals surface area contributed by atoms with Gasteiger partial charge in [0, 0.05) is 18.3 Å². The molecular weight excluding hydrogens is 580 g/mol. The number of carbonyl (C=O) groups excluding carboxylic acids is 2. The van der Waals surface area contributed by atoms with Crippen molar-refractivity contribution in [1.29, 1.82) is 0 Å². The number of rotatable bonds is 12. The third-order valence-corrected chi connectivity index (χ3v) is 7.65. The van der Waals surface area contributed by atoms with Crippen molar-refractivity contribution in [2.24, 2.45) is 0 Å². The lowest BCUT2D eigenvalue weighted by Gasteiger charge is -2.25. The molecule has 1 aliphatic rings. The van der Waals surface area contributed by atoms with Gasteiger partial charge in [-0.3, -0.25) is 23.7 Å². The van der Waals surface area contributed by atoms with E-state index in [1.807, 2.05) is 4.98 Å². The zero-order chi connectivity index (χ0) is 31.2. The van der Waals surface area contributed by atoms with Crippen molar-refractivity contribution in [3.8, 4) is 5.75 Å². The fraction of sp³-hybridized carbons (Fsp3) is 0.462. The van der Waals surface area contributed by atoms with E-state index in [-0.39, 0.29) is 5.75 Å². The maximum Gasteiger partial charge on any atom is 0.459 e. The van der Waals surface area contributed by atoms with E-state index < -0.39 is 73.8 Å². The molecule has 42 heavy (non-hydrogen) atoms. The first-order valence-electron chi connectivity index (χ1n) is 12.8. The highest BCUT2D eigenvalue weighted by Crippen LogP contribution is 2.47. The second kappa shape index (κ2) is 13.6. The van der Waals surface area contributed by atoms with Crippen LogP contribution in [0.2, 0.25) is 0 Å². The van der Waals surface area contributed by atoms with Gasteiger partial charge in [-0.25, -0.2) is 18.5 Å². The highest BCUT2D eigenvalue weighted by atomic mass is 31.2. The van der Waals surface area contributed by atoms with Crippen LogP contribution in [-0.2, 0) is 32.9 Å². The Morgan fingerprint density at radius 3 is 2.50 bits per heavy atom. The molecule has 230 valence electrons. The number of nitrogens with one attached hydrogen (secondary N) is 2. The summed E-state index contributed by atoms with van der Waals surface area (Å²) in [6.45, 7) is 4.91. The zero-order valence-corrected chi connectivity index (χ0v) is 24.4. The second-order valence-corrected chi connectivity index (χ2v) is 11.5. The Morgan fingerprint density at radius 1 is 1.24 bits per heavy atom. The average Bonchev–Trinajstić information content (AvgIpc) is 3.14. The number of halogens is 1. The van der Waals surface area contributed by atoms with Crippen molar-refractivity contribution in [3.63, 3.8) is 0 Å². The number of nitrogens with zero attached hydrogens (tertiary/aromatic N) is 1. The van der Waals surface area contributed by atoms with Gasteiger partial charge >= 0.3 is 25.4 Å². The molecule has 0 amide bonds. The number of H-pyrrole nitrogens is 1. The fourth-order valence-corrected chi connectivity index (χ4v) is 5.36. The van der Waals surface area contributed by atoms with Gasteiger partial charge in [-0.2, -0.15) is 5.09 Å². The van der Waals surface area contributed by atoms with E-state index >= 15 is 4.39 Å². The lowest BCUT2D eigenvalue weighted by Crippen LogP contribution is -2.43. The Balaban J connectivity index is 1.82. The van der Waals surface area contributed by atoms with Gasteiger partial charge in [0.2, 0.25) is 0 Å². The van der Waals surface area contributed by atoms with E-state index in [0.717, 1.165) is 23.8 Å². The predicted octanol–water partition coefficient (Wildman–Crippen LogP) is 1.84. The molecule has 0 spiro atoms. The molecule has 1 aromatic carbocycles. The van der Waals surface area contributed by atoms with Gasteiger partial charge in [0.05, 0.1) is 19.8 Å². The molecule has 0 saturated carbocycles. The standard InChI is InChI=1S/C26H33FN3O11P/c1-15(2)39-23(34)16(3)29-42(36,41-18-9-6-17(7-10-18)8-11-21(32)37-5)38-14-19-22(33)26(4,27)24(40-19)30-13-12-20(31)28-25(30)35/h6-13,15-16,19,22,24,33H,14H2,1-5H3,(H,29,36)(H,28,31,35)/b11-8+/t16-,19+,22+,24+,26+,42?/m0/s1. The summed E-state index contributed by atoms with van der Waals surface area (Å²) in [5.74, 6) is -1.29. The Hall–Kier alpha value is -3.62. The van der Waals surface area contributed by atoms with Gasteiger partial charge in [0.15, 0.2) is 11.9 Å². The number of ether oxygens (including phenoxy) is 3. The van der Waals surface area contributed by atoms with Crippen molar-refractivity contribution in [3.05, 3.63) is 69.0 Å². The van der Waals surface area contributed by atoms with E-state index in [1.54, 1.807) is 26.0 Å². The Bertz CT molecular complexity index is 1450. The summed E-state index contributed by atoms with van der Waals surface area (Å²) in [4.78, 5) is 49.3. The molecule has 1 fully saturated rings. The third kappa shape index (κ3) is 8.23. The summed E-state index contributed by atoms with van der Waals surface area (Å²) in [5, 5.41) is 13.1. The topological polar surface area (TPSA) is 184 Å². The number of hydrogen-bond donors (Lipinski definition) is 3. The summed E-state index contributed by atoms with van der Waals surface area (Å²) in [5.41, 5.74) is -3.63. The quantitative estimate of drug-likeness (QED) is 0.180. The smallest absolute Gasteiger partial charge is 0.459 e. The maximum atomic E-state index is 15.6. The molecule has 16 heteroatoms. The van der Waals surface area contributed by atoms with Crippen LogP contribution < -0.4 is 20.9 Å². The monoisotopic (exact) mass is 613 g/mol. The SMILES string of the molecule is COC(=O)/C=C/c1ccc(OP(=O)(N[C@@H](C)C(=O)OC(C)C)OC[C@H]2O[C@@H](n3ccc(=O)[nH]c3=O)[C@](C)(F)[C@@H]2O)cc1. The van der Waals surface area contributed by atoms with E-state index in [4.69, 9.17) is 18.5 Å². The molecule has 2 aromatic rings. The number of benzene rings is 1. The fourth-order valence-electron chi connectivity index (χ4n) is 3.86. The van der Waals surface area contributed by atoms with Crippen LogP contribution in [0.15, 0.2) is 52.2 Å². The van der Waals surface area contributed by atoms with Crippen LogP contribution in [0, 0.1) is 0 Å². The van der Waals surface area contributed by atoms with E-state index in [0.29, 0.717) is 5.56 Å². The van der Waals surface area contributed by atoms with Gasteiger partial charge in [0.1, 0.15) is 24.0 Å². The molecule has 0 bridgehead atoms. The first kappa shape index (κ1) is 32.9. The highest BCUT2D eigenvalue weighted by molar-refractivity contribution is 7.52. The first-order valence-corrected chi connectivity index (χ1v) is 14.3. The zero-order valence-electron chi connectivity index (χ0n) is 23.5. The molecule has 0 aliphatic carbocycles. The lowest BCUT2D eigenvalue weighted by atomic mass is 9.98. The summed E-state index contributed by atoms with van der Waals surface area (Å²) in [6.07, 6.45) is -1.75. The van der Waals surface area contributed by atoms with E-state index in [2.05, 4.69) is 9.82 Å². The van der Waals surface area contributed by atoms with Crippen LogP contribution in [0.5, 0.6) is 5.75 Å². The Kier molecular flexibility index (Phi) is 10.6. The van der Waals surface area contributed by atoms with Crippen LogP contribution in [0.3, 0.4) is 0 Å². The van der Waals surface area contributed by atoms with E-state index in [1.165, 1.54) is 38.3 Å². The molecule has 6 atom stereocenters. The van der Waals surface area contributed by atoms with E-state index in [9.17, 15) is 28.8 Å². The summed E-state index contributed by atoms with van der Waals surface area (Å²) in [6, 6.07) is 5.72. The number of alkyl halides is 1. The number of aliphatic hydroxyl groups is 1. The number of methoxy groups -OCH3 is 1. The number of aromatic nitrogens is 2. The summed E-state index contributed by atoms with van der Waals surface area (Å²) in [7, 11) is -3.21. The van der Waals surface area contributed by atoms with Crippen molar-refractivity contribution in [1.82, 2.24) is 14.6 Å². The molecule has 0 radical (unpaired) electrons. The molecule has 1 aliphatic heterocycles. The maximum absolute atomic E-state index is 15.6. The van der Waals surface area contributed by atoms with Gasteiger partial charge < -0.3 is 23.8 Å². The summed E-state index contributed by atoms with van der Waals surface area (Å²) < 4.78 is 56.5. The third-order valence-electron chi connectivity index (χ3n) is 6.01. The molecule has 2 heterocycles. The summed E-state index contributed by atoms with van der Waals surface area (Å²) >= 11 is 0. The van der Waals surface area contributed by atoms with Gasteiger partial charge in [-0.05, 0) is 51.5 Å². The van der Waals surface area contributed by atoms with Gasteiger partial charge in [0.25, 0.3) is 5.56 Å². The molecular formula is C26H33FN3O11P. The lowest BCUT2D eigenvalue weighted by molar-refractivity contribution is -0.149. The largest absolute Gasteiger partial charge is 0.466 e. The van der Waals surface area contributed by atoms with Crippen molar-refractivity contribution >= 4 is 25.8 Å². The minimum Gasteiger partial charge on any atom is -0.466 e. The number of carbonyl (C=O) groups is 2. The first-order chi connectivity index (χ1) is 19.6. The predicted molar refractivity (Wildman–Crippen MR) is 146 cm³/mol. The molecule has 3 rings (SSSR count). The van der Waals surface area contributed by atoms with Crippen LogP contribution in [0.1, 0.15) is 39.5 Å². The molecule has 14 nitrogen and oxygen atoms in total. The number of aromatic amines is 1. The number of esters is 2. The van der Waals surface area contributed by atoms with Gasteiger partial charge in [-0.15, -0.1) is 0 Å². The van der Waals surface area contributed by atoms with Crippen LogP contribution in [0.4, 0.5) is 4.39 Å². The number of aliphatic hydroxyl groups excluding tert-OH is 1. The molecule has 1 unspecified atom stereocenters. The van der Waals surface area contributed by atoms with Gasteiger partial charge in [-0.1, -0.05) is 12.1 Å². The van der Waals surface area contributed by atoms with Crippen molar-refractivity contribution in [2.45, 2.75) is 63.9 Å². The van der Waals surface area contributed by atoms with Crippen LogP contribution in [-0.4, -0.2) is 70.3 Å². The Morgan fingerprint density at radius 2 is 1.90 bits per heavy atom. The van der Waals surface area contributed by atoms with Crippen LogP contribution in [0.25, 0.3) is 6.08 Å². The minimum atomic E-state index is -4.45. The highest BCUT2D eigenvalue weighted by Gasteiger charge is 2.56. The molecule has 3 N–H and O–H groups in total. The normalized spacial score (nSPS) is 24.3. The van der Waals surface area contributed by atoms with Crippen LogP contribution >= 0.6 is 7.75 Å². The van der Waals surface area contributed by atoms with Crippen molar-refractivity contribution < 1.29 is 46.9 Å². The second-order valence-electron chi connectivity index (χ2n) is 9.79. The number of hydrogen-bond acceptors (Lipinski definition) is 11. The van der Waals surface area contributed by atoms with Crippen molar-refractivity contribution in [2.75, 3.05) is 13.7 Å². The Labute approximate surface area is 240 Å². The molecule has 1 saturated heterocycles. The minimum absolute atomic E-state index is 0.0337. The molecule has 1 aromatic heterocycles. The average molecular weight is 614 g/mol.